The molecule has 0 bridgehead atoms. The lowest BCUT2D eigenvalue weighted by molar-refractivity contribution is 0.102. The first-order valence-electron chi connectivity index (χ1n) is 5.01. The topological polar surface area (TPSA) is 54.9 Å². The van der Waals surface area contributed by atoms with Crippen LogP contribution in [0, 0.1) is 6.92 Å². The number of anilines is 1. The zero-order valence-electron chi connectivity index (χ0n) is 9.14. The minimum atomic E-state index is -0.302. The van der Waals surface area contributed by atoms with E-state index >= 15 is 0 Å². The number of hydrogen-bond donors (Lipinski definition) is 1. The minimum Gasteiger partial charge on any atom is -0.319 e. The molecule has 86 valence electrons. The van der Waals surface area contributed by atoms with E-state index in [4.69, 9.17) is 11.6 Å². The van der Waals surface area contributed by atoms with Crippen molar-refractivity contribution in [2.75, 3.05) is 5.32 Å². The Labute approximate surface area is 104 Å². The van der Waals surface area contributed by atoms with Crippen molar-refractivity contribution in [3.8, 4) is 0 Å². The number of carbonyl (C=O) groups is 1. The third-order valence-corrected chi connectivity index (χ3v) is 2.49. The minimum absolute atomic E-state index is 0.302. The zero-order valence-corrected chi connectivity index (χ0v) is 9.90. The largest absolute Gasteiger partial charge is 0.319 e. The van der Waals surface area contributed by atoms with E-state index in [0.29, 0.717) is 16.4 Å². The van der Waals surface area contributed by atoms with Crippen LogP contribution in [0.3, 0.4) is 0 Å². The van der Waals surface area contributed by atoms with Crippen LogP contribution in [-0.2, 0) is 0 Å². The summed E-state index contributed by atoms with van der Waals surface area (Å²) in [7, 11) is 0. The van der Waals surface area contributed by atoms with Crippen molar-refractivity contribution in [3.63, 3.8) is 0 Å². The molecule has 0 saturated heterocycles. The Balaban J connectivity index is 2.20. The van der Waals surface area contributed by atoms with E-state index in [-0.39, 0.29) is 5.91 Å². The van der Waals surface area contributed by atoms with E-state index in [0.717, 1.165) is 5.69 Å². The van der Waals surface area contributed by atoms with Crippen molar-refractivity contribution in [2.24, 2.45) is 0 Å². The Morgan fingerprint density at radius 2 is 2.06 bits per heavy atom. The first-order chi connectivity index (χ1) is 8.16. The molecule has 2 rings (SSSR count). The number of aromatic nitrogens is 2. The molecule has 0 radical (unpaired) electrons. The summed E-state index contributed by atoms with van der Waals surface area (Å²) in [5.41, 5.74) is 1.62. The highest BCUT2D eigenvalue weighted by Crippen LogP contribution is 2.20. The van der Waals surface area contributed by atoms with Gasteiger partial charge in [0.25, 0.3) is 5.91 Å². The van der Waals surface area contributed by atoms with Gasteiger partial charge in [-0.15, -0.1) is 0 Å². The second-order valence-electron chi connectivity index (χ2n) is 3.48. The number of para-hydroxylation sites is 1. The molecule has 17 heavy (non-hydrogen) atoms. The molecule has 1 aromatic heterocycles. The molecule has 1 N–H and O–H groups in total. The van der Waals surface area contributed by atoms with Gasteiger partial charge in [0.2, 0.25) is 0 Å². The SMILES string of the molecule is Cc1cc(C(=O)Nc2ccccc2Cl)ncn1. The fourth-order valence-corrected chi connectivity index (χ4v) is 1.51. The molecule has 0 spiro atoms. The van der Waals surface area contributed by atoms with Gasteiger partial charge in [-0.2, -0.15) is 0 Å². The van der Waals surface area contributed by atoms with Crippen LogP contribution >= 0.6 is 11.6 Å². The summed E-state index contributed by atoms with van der Waals surface area (Å²) in [6.45, 7) is 1.80. The second kappa shape index (κ2) is 4.93. The summed E-state index contributed by atoms with van der Waals surface area (Å²) in [4.78, 5) is 19.7. The van der Waals surface area contributed by atoms with Gasteiger partial charge < -0.3 is 5.32 Å². The maximum Gasteiger partial charge on any atom is 0.274 e. The number of amides is 1. The first-order valence-corrected chi connectivity index (χ1v) is 5.39. The third-order valence-electron chi connectivity index (χ3n) is 2.16. The van der Waals surface area contributed by atoms with Gasteiger partial charge in [0, 0.05) is 5.69 Å². The van der Waals surface area contributed by atoms with Crippen molar-refractivity contribution in [2.45, 2.75) is 6.92 Å². The van der Waals surface area contributed by atoms with Crippen LogP contribution in [0.1, 0.15) is 16.2 Å². The summed E-state index contributed by atoms with van der Waals surface area (Å²) in [6.07, 6.45) is 1.36. The van der Waals surface area contributed by atoms with Crippen LogP contribution in [0.15, 0.2) is 36.7 Å². The number of rotatable bonds is 2. The van der Waals surface area contributed by atoms with Gasteiger partial charge in [0.15, 0.2) is 0 Å². The fourth-order valence-electron chi connectivity index (χ4n) is 1.33. The van der Waals surface area contributed by atoms with E-state index in [9.17, 15) is 4.79 Å². The van der Waals surface area contributed by atoms with Crippen molar-refractivity contribution in [1.29, 1.82) is 0 Å². The predicted molar refractivity (Wildman–Crippen MR) is 66.2 cm³/mol. The van der Waals surface area contributed by atoms with E-state index in [2.05, 4.69) is 15.3 Å². The number of carbonyl (C=O) groups excluding carboxylic acids is 1. The first kappa shape index (κ1) is 11.5. The molecule has 0 aliphatic carbocycles. The molecule has 0 atom stereocenters. The second-order valence-corrected chi connectivity index (χ2v) is 3.89. The Morgan fingerprint density at radius 1 is 1.29 bits per heavy atom. The molecule has 0 aliphatic rings. The van der Waals surface area contributed by atoms with Crippen LogP contribution in [0.25, 0.3) is 0 Å². The van der Waals surface area contributed by atoms with Crippen molar-refractivity contribution >= 4 is 23.2 Å². The number of nitrogens with one attached hydrogen (secondary N) is 1. The van der Waals surface area contributed by atoms with E-state index < -0.39 is 0 Å². The number of halogens is 1. The number of aryl methyl sites for hydroxylation is 1. The van der Waals surface area contributed by atoms with Crippen molar-refractivity contribution in [3.05, 3.63) is 53.1 Å². The van der Waals surface area contributed by atoms with Gasteiger partial charge in [-0.3, -0.25) is 4.79 Å². The van der Waals surface area contributed by atoms with E-state index in [1.54, 1.807) is 37.3 Å². The Kier molecular flexibility index (Phi) is 3.35. The molecule has 1 aromatic carbocycles. The predicted octanol–water partition coefficient (Wildman–Crippen LogP) is 2.69. The van der Waals surface area contributed by atoms with Crippen LogP contribution in [0.5, 0.6) is 0 Å². The standard InChI is InChI=1S/C12H10ClN3O/c1-8-6-11(15-7-14-8)12(17)16-10-5-3-2-4-9(10)13/h2-7H,1H3,(H,16,17). The highest BCUT2D eigenvalue weighted by Gasteiger charge is 2.09. The molecule has 0 fully saturated rings. The maximum absolute atomic E-state index is 11.9. The van der Waals surface area contributed by atoms with Gasteiger partial charge in [-0.25, -0.2) is 9.97 Å². The highest BCUT2D eigenvalue weighted by molar-refractivity contribution is 6.33. The van der Waals surface area contributed by atoms with Gasteiger partial charge in [-0.1, -0.05) is 23.7 Å². The summed E-state index contributed by atoms with van der Waals surface area (Å²) in [5.74, 6) is -0.302. The highest BCUT2D eigenvalue weighted by atomic mass is 35.5. The summed E-state index contributed by atoms with van der Waals surface area (Å²) in [5, 5.41) is 3.18. The molecule has 0 unspecified atom stereocenters. The quantitative estimate of drug-likeness (QED) is 0.888. The lowest BCUT2D eigenvalue weighted by Gasteiger charge is -2.06. The maximum atomic E-state index is 11.9. The van der Waals surface area contributed by atoms with Crippen LogP contribution in [-0.4, -0.2) is 15.9 Å². The summed E-state index contributed by atoms with van der Waals surface area (Å²) in [6, 6.07) is 8.66. The molecule has 1 heterocycles. The van der Waals surface area contributed by atoms with E-state index in [1.807, 2.05) is 0 Å². The lowest BCUT2D eigenvalue weighted by atomic mass is 10.3. The van der Waals surface area contributed by atoms with Gasteiger partial charge >= 0.3 is 0 Å². The third kappa shape index (κ3) is 2.79. The Bertz CT molecular complexity index is 557. The average molecular weight is 248 g/mol. The lowest BCUT2D eigenvalue weighted by Crippen LogP contribution is -2.14. The molecule has 2 aromatic rings. The molecule has 4 nitrogen and oxygen atoms in total. The van der Waals surface area contributed by atoms with E-state index in [1.165, 1.54) is 6.33 Å². The Morgan fingerprint density at radius 3 is 2.76 bits per heavy atom. The normalized spacial score (nSPS) is 10.0. The zero-order chi connectivity index (χ0) is 12.3. The molecule has 0 saturated carbocycles. The molecule has 1 amide bonds. The van der Waals surface area contributed by atoms with Crippen LogP contribution in [0.4, 0.5) is 5.69 Å². The molecular weight excluding hydrogens is 238 g/mol. The Hall–Kier alpha value is -1.94. The van der Waals surface area contributed by atoms with Gasteiger partial charge in [0.05, 0.1) is 10.7 Å². The molecular formula is C12H10ClN3O. The van der Waals surface area contributed by atoms with Gasteiger partial charge in [0.1, 0.15) is 12.0 Å². The molecule has 0 aliphatic heterocycles. The van der Waals surface area contributed by atoms with Crippen LogP contribution < -0.4 is 5.32 Å². The fraction of sp³-hybridized carbons (Fsp3) is 0.0833. The van der Waals surface area contributed by atoms with Crippen molar-refractivity contribution in [1.82, 2.24) is 9.97 Å². The van der Waals surface area contributed by atoms with Crippen LogP contribution in [0.2, 0.25) is 5.02 Å². The molecule has 5 heteroatoms. The monoisotopic (exact) mass is 247 g/mol. The summed E-state index contributed by atoms with van der Waals surface area (Å²) < 4.78 is 0. The van der Waals surface area contributed by atoms with Gasteiger partial charge in [-0.05, 0) is 25.1 Å². The number of benzene rings is 1. The summed E-state index contributed by atoms with van der Waals surface area (Å²) >= 11 is 5.94. The van der Waals surface area contributed by atoms with Crippen molar-refractivity contribution < 1.29 is 4.79 Å². The number of hydrogen-bond acceptors (Lipinski definition) is 3. The number of nitrogens with zero attached hydrogens (tertiary/aromatic N) is 2. The smallest absolute Gasteiger partial charge is 0.274 e. The average Bonchev–Trinajstić information content (AvgIpc) is 2.32.